The van der Waals surface area contributed by atoms with E-state index >= 15 is 0 Å². The molecule has 0 radical (unpaired) electrons. The molecule has 1 rings (SSSR count). The third-order valence-electron chi connectivity index (χ3n) is 3.27. The zero-order chi connectivity index (χ0) is 10.6. The van der Waals surface area contributed by atoms with E-state index in [-0.39, 0.29) is 0 Å². The SMILES string of the molecule is CCNC(=S)NC1CCC(C)C(C)C1. The van der Waals surface area contributed by atoms with Gasteiger partial charge >= 0.3 is 0 Å². The van der Waals surface area contributed by atoms with Gasteiger partial charge in [-0.3, -0.25) is 0 Å². The number of hydrogen-bond donors (Lipinski definition) is 2. The molecule has 3 heteroatoms. The Morgan fingerprint density at radius 3 is 2.57 bits per heavy atom. The summed E-state index contributed by atoms with van der Waals surface area (Å²) in [5, 5.41) is 7.35. The molecule has 82 valence electrons. The van der Waals surface area contributed by atoms with E-state index in [0.717, 1.165) is 23.5 Å². The molecular formula is C11H22N2S. The minimum Gasteiger partial charge on any atom is -0.363 e. The monoisotopic (exact) mass is 214 g/mol. The van der Waals surface area contributed by atoms with Gasteiger partial charge in [0.15, 0.2) is 5.11 Å². The van der Waals surface area contributed by atoms with E-state index in [4.69, 9.17) is 12.2 Å². The zero-order valence-electron chi connectivity index (χ0n) is 9.47. The lowest BCUT2D eigenvalue weighted by atomic mass is 9.79. The van der Waals surface area contributed by atoms with Gasteiger partial charge < -0.3 is 10.6 Å². The smallest absolute Gasteiger partial charge is 0.166 e. The van der Waals surface area contributed by atoms with E-state index < -0.39 is 0 Å². The van der Waals surface area contributed by atoms with E-state index in [1.807, 2.05) is 0 Å². The predicted octanol–water partition coefficient (Wildman–Crippen LogP) is 2.30. The lowest BCUT2D eigenvalue weighted by Gasteiger charge is -2.33. The van der Waals surface area contributed by atoms with Crippen molar-refractivity contribution in [3.63, 3.8) is 0 Å². The van der Waals surface area contributed by atoms with Crippen molar-refractivity contribution in [2.24, 2.45) is 11.8 Å². The average Bonchev–Trinajstić information content (AvgIpc) is 2.12. The summed E-state index contributed by atoms with van der Waals surface area (Å²) in [6.07, 6.45) is 3.84. The summed E-state index contributed by atoms with van der Waals surface area (Å²) in [7, 11) is 0. The molecule has 0 bridgehead atoms. The molecule has 2 nitrogen and oxygen atoms in total. The lowest BCUT2D eigenvalue weighted by molar-refractivity contribution is 0.240. The second-order valence-corrected chi connectivity index (χ2v) is 4.88. The van der Waals surface area contributed by atoms with Crippen molar-refractivity contribution in [1.29, 1.82) is 0 Å². The van der Waals surface area contributed by atoms with Crippen LogP contribution in [-0.2, 0) is 0 Å². The molecule has 0 aliphatic heterocycles. The summed E-state index contributed by atoms with van der Waals surface area (Å²) < 4.78 is 0. The molecule has 0 aromatic carbocycles. The highest BCUT2D eigenvalue weighted by molar-refractivity contribution is 7.80. The Balaban J connectivity index is 2.29. The molecule has 3 unspecified atom stereocenters. The maximum Gasteiger partial charge on any atom is 0.166 e. The van der Waals surface area contributed by atoms with Crippen LogP contribution in [0, 0.1) is 11.8 Å². The Hall–Kier alpha value is -0.310. The zero-order valence-corrected chi connectivity index (χ0v) is 10.3. The molecule has 1 aliphatic carbocycles. The van der Waals surface area contributed by atoms with Crippen LogP contribution in [0.3, 0.4) is 0 Å². The van der Waals surface area contributed by atoms with Gasteiger partial charge in [-0.2, -0.15) is 0 Å². The molecule has 1 aliphatic rings. The highest BCUT2D eigenvalue weighted by Crippen LogP contribution is 2.29. The number of hydrogen-bond acceptors (Lipinski definition) is 1. The van der Waals surface area contributed by atoms with Crippen LogP contribution in [0.1, 0.15) is 40.0 Å². The quantitative estimate of drug-likeness (QED) is 0.690. The van der Waals surface area contributed by atoms with Gasteiger partial charge in [0, 0.05) is 12.6 Å². The number of thiocarbonyl (C=S) groups is 1. The summed E-state index contributed by atoms with van der Waals surface area (Å²) in [6.45, 7) is 7.67. The van der Waals surface area contributed by atoms with E-state index in [1.165, 1.54) is 19.3 Å². The first-order valence-corrected chi connectivity index (χ1v) is 6.08. The van der Waals surface area contributed by atoms with Gasteiger partial charge in [-0.25, -0.2) is 0 Å². The number of nitrogens with one attached hydrogen (secondary N) is 2. The Morgan fingerprint density at radius 2 is 2.00 bits per heavy atom. The minimum atomic E-state index is 0.591. The molecule has 1 saturated carbocycles. The average molecular weight is 214 g/mol. The van der Waals surface area contributed by atoms with Crippen molar-refractivity contribution < 1.29 is 0 Å². The van der Waals surface area contributed by atoms with Crippen molar-refractivity contribution in [2.45, 2.75) is 46.1 Å². The van der Waals surface area contributed by atoms with E-state index in [2.05, 4.69) is 31.4 Å². The van der Waals surface area contributed by atoms with Crippen LogP contribution in [0.5, 0.6) is 0 Å². The van der Waals surface area contributed by atoms with Crippen LogP contribution < -0.4 is 10.6 Å². The predicted molar refractivity (Wildman–Crippen MR) is 65.4 cm³/mol. The molecule has 0 spiro atoms. The van der Waals surface area contributed by atoms with Crippen LogP contribution in [0.2, 0.25) is 0 Å². The van der Waals surface area contributed by atoms with Gasteiger partial charge in [-0.1, -0.05) is 13.8 Å². The maximum absolute atomic E-state index is 5.18. The molecule has 3 atom stereocenters. The Labute approximate surface area is 92.8 Å². The van der Waals surface area contributed by atoms with Crippen molar-refractivity contribution in [2.75, 3.05) is 6.54 Å². The molecule has 14 heavy (non-hydrogen) atoms. The summed E-state index contributed by atoms with van der Waals surface area (Å²) >= 11 is 5.18. The maximum atomic E-state index is 5.18. The van der Waals surface area contributed by atoms with Crippen LogP contribution >= 0.6 is 12.2 Å². The first kappa shape index (κ1) is 11.8. The fourth-order valence-electron chi connectivity index (χ4n) is 2.08. The highest BCUT2D eigenvalue weighted by atomic mass is 32.1. The van der Waals surface area contributed by atoms with Gasteiger partial charge in [-0.05, 0) is 50.2 Å². The summed E-state index contributed by atoms with van der Waals surface area (Å²) in [5.74, 6) is 1.70. The van der Waals surface area contributed by atoms with E-state index in [0.29, 0.717) is 6.04 Å². The van der Waals surface area contributed by atoms with E-state index in [1.54, 1.807) is 0 Å². The molecule has 1 fully saturated rings. The van der Waals surface area contributed by atoms with Gasteiger partial charge in [-0.15, -0.1) is 0 Å². The Kier molecular flexibility index (Phi) is 4.66. The van der Waals surface area contributed by atoms with Crippen molar-refractivity contribution in [1.82, 2.24) is 10.6 Å². The first-order valence-electron chi connectivity index (χ1n) is 5.67. The van der Waals surface area contributed by atoms with Gasteiger partial charge in [0.05, 0.1) is 0 Å². The fraction of sp³-hybridized carbons (Fsp3) is 0.909. The van der Waals surface area contributed by atoms with Crippen LogP contribution in [0.4, 0.5) is 0 Å². The Morgan fingerprint density at radius 1 is 1.29 bits per heavy atom. The van der Waals surface area contributed by atoms with Crippen molar-refractivity contribution in [3.05, 3.63) is 0 Å². The summed E-state index contributed by atoms with van der Waals surface area (Å²) in [5.41, 5.74) is 0. The molecule has 0 aromatic heterocycles. The topological polar surface area (TPSA) is 24.1 Å². The van der Waals surface area contributed by atoms with Crippen LogP contribution in [-0.4, -0.2) is 17.7 Å². The highest BCUT2D eigenvalue weighted by Gasteiger charge is 2.24. The number of rotatable bonds is 2. The molecule has 0 amide bonds. The van der Waals surface area contributed by atoms with Crippen molar-refractivity contribution in [3.8, 4) is 0 Å². The molecule has 0 heterocycles. The molecule has 2 N–H and O–H groups in total. The minimum absolute atomic E-state index is 0.591. The standard InChI is InChI=1S/C11H22N2S/c1-4-12-11(14)13-10-6-5-8(2)9(3)7-10/h8-10H,4-7H2,1-3H3,(H2,12,13,14). The molecule has 0 saturated heterocycles. The third-order valence-corrected chi connectivity index (χ3v) is 3.53. The largest absolute Gasteiger partial charge is 0.363 e. The third kappa shape index (κ3) is 3.45. The normalized spacial score (nSPS) is 32.4. The van der Waals surface area contributed by atoms with Gasteiger partial charge in [0.2, 0.25) is 0 Å². The molecular weight excluding hydrogens is 192 g/mol. The second-order valence-electron chi connectivity index (χ2n) is 4.47. The fourth-order valence-corrected chi connectivity index (χ4v) is 2.39. The Bertz CT molecular complexity index is 194. The van der Waals surface area contributed by atoms with Crippen LogP contribution in [0.25, 0.3) is 0 Å². The first-order chi connectivity index (χ1) is 6.63. The van der Waals surface area contributed by atoms with Gasteiger partial charge in [0.1, 0.15) is 0 Å². The second kappa shape index (κ2) is 5.54. The van der Waals surface area contributed by atoms with E-state index in [9.17, 15) is 0 Å². The lowest BCUT2D eigenvalue weighted by Crippen LogP contribution is -2.44. The molecule has 0 aromatic rings. The summed E-state index contributed by atoms with van der Waals surface area (Å²) in [6, 6.07) is 0.591. The van der Waals surface area contributed by atoms with Crippen LogP contribution in [0.15, 0.2) is 0 Å². The summed E-state index contributed by atoms with van der Waals surface area (Å²) in [4.78, 5) is 0. The van der Waals surface area contributed by atoms with Crippen molar-refractivity contribution >= 4 is 17.3 Å². The van der Waals surface area contributed by atoms with Gasteiger partial charge in [0.25, 0.3) is 0 Å².